The van der Waals surface area contributed by atoms with Gasteiger partial charge in [0.05, 0.1) is 12.6 Å². The molecule has 5 nitrogen and oxygen atoms in total. The van der Waals surface area contributed by atoms with Crippen molar-refractivity contribution in [1.29, 1.82) is 0 Å². The Labute approximate surface area is 129 Å². The lowest BCUT2D eigenvalue weighted by Crippen LogP contribution is -2.70. The van der Waals surface area contributed by atoms with Crippen molar-refractivity contribution in [3.8, 4) is 5.75 Å². The SMILES string of the molecule is CCOC(=O)[C@@H]1[C@@H]2NC(=S)N(C)[C@@]1(C)Oc1ccccc12. The third kappa shape index (κ3) is 1.97. The Balaban J connectivity index is 2.13. The van der Waals surface area contributed by atoms with Gasteiger partial charge in [-0.3, -0.25) is 4.79 Å². The summed E-state index contributed by atoms with van der Waals surface area (Å²) in [5.41, 5.74) is 0.0802. The Morgan fingerprint density at radius 3 is 2.95 bits per heavy atom. The van der Waals surface area contributed by atoms with Crippen LogP contribution in [-0.4, -0.2) is 35.4 Å². The molecule has 21 heavy (non-hydrogen) atoms. The lowest BCUT2D eigenvalue weighted by atomic mass is 9.80. The molecule has 6 heteroatoms. The first-order valence-electron chi connectivity index (χ1n) is 6.98. The number of ether oxygens (including phenoxy) is 2. The number of benzene rings is 1. The van der Waals surface area contributed by atoms with Crippen LogP contribution in [0.25, 0.3) is 0 Å². The van der Waals surface area contributed by atoms with Gasteiger partial charge in [-0.2, -0.15) is 0 Å². The highest BCUT2D eigenvalue weighted by Gasteiger charge is 2.58. The van der Waals surface area contributed by atoms with Crippen molar-refractivity contribution in [2.24, 2.45) is 5.92 Å². The van der Waals surface area contributed by atoms with Crippen molar-refractivity contribution in [2.75, 3.05) is 13.7 Å². The van der Waals surface area contributed by atoms with Gasteiger partial charge in [0.2, 0.25) is 0 Å². The summed E-state index contributed by atoms with van der Waals surface area (Å²) in [5.74, 6) is 0.0119. The maximum atomic E-state index is 12.5. The fourth-order valence-corrected chi connectivity index (χ4v) is 3.37. The molecule has 0 amide bonds. The number of nitrogens with one attached hydrogen (secondary N) is 1. The molecule has 1 aromatic carbocycles. The maximum absolute atomic E-state index is 12.5. The molecule has 1 fully saturated rings. The van der Waals surface area contributed by atoms with Crippen molar-refractivity contribution < 1.29 is 14.3 Å². The molecule has 0 aromatic heterocycles. The van der Waals surface area contributed by atoms with E-state index in [2.05, 4.69) is 5.32 Å². The van der Waals surface area contributed by atoms with Crippen molar-refractivity contribution in [1.82, 2.24) is 10.2 Å². The van der Waals surface area contributed by atoms with E-state index in [1.807, 2.05) is 38.2 Å². The van der Waals surface area contributed by atoms with Gasteiger partial charge in [0, 0.05) is 12.6 Å². The number of esters is 1. The number of hydrogen-bond donors (Lipinski definition) is 1. The molecule has 2 aliphatic rings. The van der Waals surface area contributed by atoms with E-state index in [1.165, 1.54) is 0 Å². The molecule has 0 saturated carbocycles. The van der Waals surface area contributed by atoms with Gasteiger partial charge in [-0.25, -0.2) is 0 Å². The van der Waals surface area contributed by atoms with E-state index >= 15 is 0 Å². The number of nitrogens with zero attached hydrogens (tertiary/aromatic N) is 1. The summed E-state index contributed by atoms with van der Waals surface area (Å²) in [5, 5.41) is 3.81. The van der Waals surface area contributed by atoms with Gasteiger partial charge in [-0.05, 0) is 32.1 Å². The number of fused-ring (bicyclic) bond motifs is 4. The number of rotatable bonds is 2. The molecule has 3 atom stereocenters. The minimum absolute atomic E-state index is 0.234. The van der Waals surface area contributed by atoms with Gasteiger partial charge in [-0.15, -0.1) is 0 Å². The lowest BCUT2D eigenvalue weighted by molar-refractivity contribution is -0.173. The maximum Gasteiger partial charge on any atom is 0.317 e. The zero-order chi connectivity index (χ0) is 15.2. The first kappa shape index (κ1) is 14.1. The highest BCUT2D eigenvalue weighted by Crippen LogP contribution is 2.47. The van der Waals surface area contributed by atoms with Crippen LogP contribution in [0.1, 0.15) is 25.5 Å². The van der Waals surface area contributed by atoms with Gasteiger partial charge in [0.25, 0.3) is 0 Å². The smallest absolute Gasteiger partial charge is 0.317 e. The fraction of sp³-hybridized carbons (Fsp3) is 0.467. The van der Waals surface area contributed by atoms with E-state index in [0.29, 0.717) is 11.7 Å². The van der Waals surface area contributed by atoms with Crippen LogP contribution in [0, 0.1) is 5.92 Å². The molecular formula is C15H18N2O3S. The number of thiocarbonyl (C=S) groups is 1. The summed E-state index contributed by atoms with van der Waals surface area (Å²) < 4.78 is 11.4. The molecule has 2 aliphatic heterocycles. The number of hydrogen-bond acceptors (Lipinski definition) is 4. The van der Waals surface area contributed by atoms with Crippen LogP contribution in [0.15, 0.2) is 24.3 Å². The molecule has 0 spiro atoms. The Bertz CT molecular complexity index is 606. The summed E-state index contributed by atoms with van der Waals surface area (Å²) >= 11 is 5.37. The zero-order valence-electron chi connectivity index (χ0n) is 12.3. The van der Waals surface area contributed by atoms with Crippen LogP contribution in [0.3, 0.4) is 0 Å². The van der Waals surface area contributed by atoms with Gasteiger partial charge >= 0.3 is 5.97 Å². The van der Waals surface area contributed by atoms with Crippen LogP contribution in [0.5, 0.6) is 5.75 Å². The topological polar surface area (TPSA) is 50.8 Å². The minimum atomic E-state index is -0.854. The molecule has 0 unspecified atom stereocenters. The standard InChI is InChI=1S/C15H18N2O3S/c1-4-19-13(18)11-12-9-7-5-6-8-10(9)20-15(11,2)17(3)14(21)16-12/h5-8,11-12H,4H2,1-3H3,(H,16,21)/t11-,12+,15-/m0/s1. The highest BCUT2D eigenvalue weighted by molar-refractivity contribution is 7.80. The van der Waals surface area contributed by atoms with Crippen molar-refractivity contribution in [2.45, 2.75) is 25.6 Å². The molecule has 0 aliphatic carbocycles. The quantitative estimate of drug-likeness (QED) is 0.664. The highest BCUT2D eigenvalue weighted by atomic mass is 32.1. The van der Waals surface area contributed by atoms with Crippen LogP contribution in [0.4, 0.5) is 0 Å². The van der Waals surface area contributed by atoms with Crippen LogP contribution in [0.2, 0.25) is 0 Å². The van der Waals surface area contributed by atoms with E-state index in [4.69, 9.17) is 21.7 Å². The Morgan fingerprint density at radius 2 is 2.24 bits per heavy atom. The molecule has 112 valence electrons. The average Bonchev–Trinajstić information content (AvgIpc) is 2.45. The van der Waals surface area contributed by atoms with Crippen LogP contribution < -0.4 is 10.1 Å². The van der Waals surface area contributed by atoms with Crippen LogP contribution in [-0.2, 0) is 9.53 Å². The number of para-hydroxylation sites is 1. The predicted octanol–water partition coefficient (Wildman–Crippen LogP) is 1.84. The normalized spacial score (nSPS) is 30.0. The van der Waals surface area contributed by atoms with E-state index in [9.17, 15) is 4.79 Å². The summed E-state index contributed by atoms with van der Waals surface area (Å²) in [4.78, 5) is 14.3. The second-order valence-corrected chi connectivity index (χ2v) is 5.80. The summed E-state index contributed by atoms with van der Waals surface area (Å²) in [6, 6.07) is 7.47. The fourth-order valence-electron chi connectivity index (χ4n) is 3.06. The van der Waals surface area contributed by atoms with Gasteiger partial charge in [-0.1, -0.05) is 18.2 Å². The largest absolute Gasteiger partial charge is 0.467 e. The van der Waals surface area contributed by atoms with E-state index in [-0.39, 0.29) is 12.0 Å². The van der Waals surface area contributed by atoms with Crippen molar-refractivity contribution in [3.05, 3.63) is 29.8 Å². The minimum Gasteiger partial charge on any atom is -0.467 e. The summed E-state index contributed by atoms with van der Waals surface area (Å²) in [7, 11) is 1.83. The Hall–Kier alpha value is -1.82. The zero-order valence-corrected chi connectivity index (χ0v) is 13.1. The molecule has 3 rings (SSSR count). The first-order valence-corrected chi connectivity index (χ1v) is 7.38. The molecule has 0 radical (unpaired) electrons. The van der Waals surface area contributed by atoms with Crippen molar-refractivity contribution >= 4 is 23.3 Å². The Kier molecular flexibility index (Phi) is 3.28. The van der Waals surface area contributed by atoms with Crippen LogP contribution >= 0.6 is 12.2 Å². The molecule has 1 saturated heterocycles. The number of carbonyl (C=O) groups is 1. The molecular weight excluding hydrogens is 288 g/mol. The Morgan fingerprint density at radius 1 is 1.52 bits per heavy atom. The van der Waals surface area contributed by atoms with Crippen molar-refractivity contribution in [3.63, 3.8) is 0 Å². The average molecular weight is 306 g/mol. The van der Waals surface area contributed by atoms with Gasteiger partial charge < -0.3 is 19.7 Å². The summed E-state index contributed by atoms with van der Waals surface area (Å²) in [6.45, 7) is 4.02. The monoisotopic (exact) mass is 306 g/mol. The van der Waals surface area contributed by atoms with Gasteiger partial charge in [0.15, 0.2) is 10.8 Å². The number of carbonyl (C=O) groups excluding carboxylic acids is 1. The molecule has 2 bridgehead atoms. The second-order valence-electron chi connectivity index (χ2n) is 5.41. The summed E-state index contributed by atoms with van der Waals surface area (Å²) in [6.07, 6.45) is 0. The third-order valence-corrected chi connectivity index (χ3v) is 4.66. The first-order chi connectivity index (χ1) is 9.99. The molecule has 1 N–H and O–H groups in total. The van der Waals surface area contributed by atoms with Gasteiger partial charge in [0.1, 0.15) is 11.7 Å². The third-order valence-electron chi connectivity index (χ3n) is 4.27. The van der Waals surface area contributed by atoms with E-state index < -0.39 is 11.6 Å². The molecule has 1 aromatic rings. The second kappa shape index (κ2) is 4.87. The predicted molar refractivity (Wildman–Crippen MR) is 81.8 cm³/mol. The van der Waals surface area contributed by atoms with E-state index in [1.54, 1.807) is 11.8 Å². The molecule has 2 heterocycles. The van der Waals surface area contributed by atoms with E-state index in [0.717, 1.165) is 11.3 Å². The lowest BCUT2D eigenvalue weighted by Gasteiger charge is -2.54.